The first-order valence-electron chi connectivity index (χ1n) is 6.09. The first-order chi connectivity index (χ1) is 6.93. The molecule has 0 aliphatic rings. The smallest absolute Gasteiger partial charge is 0.0232 e. The molecule has 1 N–H and O–H groups in total. The van der Waals surface area contributed by atoms with Gasteiger partial charge in [-0.25, -0.2) is 0 Å². The van der Waals surface area contributed by atoms with Crippen LogP contribution in [0.1, 0.15) is 55.4 Å². The van der Waals surface area contributed by atoms with Gasteiger partial charge in [-0.1, -0.05) is 39.0 Å². The van der Waals surface area contributed by atoms with Crippen molar-refractivity contribution in [2.45, 2.75) is 67.0 Å². The summed E-state index contributed by atoms with van der Waals surface area (Å²) in [6.07, 6.45) is 2.26. The van der Waals surface area contributed by atoms with Crippen molar-refractivity contribution in [1.29, 1.82) is 0 Å². The molecule has 0 saturated carbocycles. The van der Waals surface area contributed by atoms with Gasteiger partial charge < -0.3 is 5.32 Å². The number of nitrogens with one attached hydrogen (secondary N) is 1. The summed E-state index contributed by atoms with van der Waals surface area (Å²) >= 11 is 0. The van der Waals surface area contributed by atoms with Crippen LogP contribution in [0, 0.1) is 5.41 Å². The zero-order valence-electron chi connectivity index (χ0n) is 12.4. The van der Waals surface area contributed by atoms with E-state index in [1.807, 2.05) is 0 Å². The molecule has 0 rings (SSSR count). The first kappa shape index (κ1) is 15.4. The van der Waals surface area contributed by atoms with E-state index in [-0.39, 0.29) is 11.0 Å². The molecule has 0 spiro atoms. The van der Waals surface area contributed by atoms with E-state index in [1.54, 1.807) is 0 Å². The van der Waals surface area contributed by atoms with Crippen molar-refractivity contribution in [3.05, 3.63) is 23.8 Å². The van der Waals surface area contributed by atoms with Crippen LogP contribution in [0.3, 0.4) is 0 Å². The summed E-state index contributed by atoms with van der Waals surface area (Å²) in [6.45, 7) is 21.7. The van der Waals surface area contributed by atoms with Crippen LogP contribution in [0.15, 0.2) is 23.8 Å². The van der Waals surface area contributed by atoms with Crippen molar-refractivity contribution < 1.29 is 0 Å². The van der Waals surface area contributed by atoms with Gasteiger partial charge in [-0.15, -0.1) is 0 Å². The van der Waals surface area contributed by atoms with Crippen LogP contribution in [0.5, 0.6) is 0 Å². The lowest BCUT2D eigenvalue weighted by Gasteiger charge is -2.27. The Labute approximate surface area is 102 Å². The molecule has 1 heteroatoms. The summed E-state index contributed by atoms with van der Waals surface area (Å²) in [5.41, 5.74) is 2.81. The van der Waals surface area contributed by atoms with Crippen LogP contribution in [0.25, 0.3) is 0 Å². The third-order valence-corrected chi connectivity index (χ3v) is 2.54. The highest BCUT2D eigenvalue weighted by atomic mass is 15.0. The SMILES string of the molecule is C=C(/C(C)=C/C(C)NC(C)(C)C)C(C)(C)C. The minimum absolute atomic E-state index is 0.152. The van der Waals surface area contributed by atoms with Crippen LogP contribution in [-0.2, 0) is 0 Å². The largest absolute Gasteiger partial charge is 0.306 e. The average molecular weight is 223 g/mol. The summed E-state index contributed by atoms with van der Waals surface area (Å²) in [4.78, 5) is 0. The Morgan fingerprint density at radius 3 is 1.88 bits per heavy atom. The van der Waals surface area contributed by atoms with E-state index >= 15 is 0 Å². The Balaban J connectivity index is 4.61. The Hall–Kier alpha value is -0.560. The summed E-state index contributed by atoms with van der Waals surface area (Å²) < 4.78 is 0. The molecular formula is C15H29N. The lowest BCUT2D eigenvalue weighted by molar-refractivity contribution is 0.402. The molecule has 0 saturated heterocycles. The molecule has 0 aromatic carbocycles. The monoisotopic (exact) mass is 223 g/mol. The van der Waals surface area contributed by atoms with Crippen molar-refractivity contribution in [3.63, 3.8) is 0 Å². The molecule has 1 atom stereocenters. The fourth-order valence-electron chi connectivity index (χ4n) is 1.79. The maximum atomic E-state index is 4.18. The minimum atomic E-state index is 0.152. The summed E-state index contributed by atoms with van der Waals surface area (Å²) in [7, 11) is 0. The molecule has 0 aliphatic carbocycles. The fourth-order valence-corrected chi connectivity index (χ4v) is 1.79. The zero-order chi connectivity index (χ0) is 13.1. The fraction of sp³-hybridized carbons (Fsp3) is 0.733. The molecule has 0 fully saturated rings. The van der Waals surface area contributed by atoms with E-state index in [0.717, 1.165) is 0 Å². The molecule has 94 valence electrons. The normalized spacial score (nSPS) is 16.1. The number of hydrogen-bond acceptors (Lipinski definition) is 1. The lowest BCUT2D eigenvalue weighted by Crippen LogP contribution is -2.41. The van der Waals surface area contributed by atoms with E-state index in [2.05, 4.69) is 73.4 Å². The Morgan fingerprint density at radius 1 is 1.12 bits per heavy atom. The van der Waals surface area contributed by atoms with Gasteiger partial charge in [0.25, 0.3) is 0 Å². The molecule has 1 nitrogen and oxygen atoms in total. The topological polar surface area (TPSA) is 12.0 Å². The number of rotatable bonds is 3. The highest BCUT2D eigenvalue weighted by Crippen LogP contribution is 2.29. The number of hydrogen-bond donors (Lipinski definition) is 1. The summed E-state index contributed by atoms with van der Waals surface area (Å²) in [6, 6.07) is 0.374. The predicted octanol–water partition coefficient (Wildman–Crippen LogP) is 4.31. The van der Waals surface area contributed by atoms with Gasteiger partial charge in [-0.2, -0.15) is 0 Å². The van der Waals surface area contributed by atoms with Gasteiger partial charge >= 0.3 is 0 Å². The zero-order valence-corrected chi connectivity index (χ0v) is 12.4. The van der Waals surface area contributed by atoms with E-state index in [4.69, 9.17) is 0 Å². The van der Waals surface area contributed by atoms with E-state index < -0.39 is 0 Å². The van der Waals surface area contributed by atoms with Gasteiger partial charge in [-0.05, 0) is 45.6 Å². The molecule has 0 bridgehead atoms. The Kier molecular flexibility index (Phi) is 5.00. The van der Waals surface area contributed by atoms with Crippen LogP contribution < -0.4 is 5.32 Å². The summed E-state index contributed by atoms with van der Waals surface area (Å²) in [5.74, 6) is 0. The van der Waals surface area contributed by atoms with E-state index in [1.165, 1.54) is 11.1 Å². The third-order valence-electron chi connectivity index (χ3n) is 2.54. The van der Waals surface area contributed by atoms with Crippen molar-refractivity contribution >= 4 is 0 Å². The lowest BCUT2D eigenvalue weighted by atomic mass is 9.83. The maximum Gasteiger partial charge on any atom is 0.0232 e. The minimum Gasteiger partial charge on any atom is -0.306 e. The van der Waals surface area contributed by atoms with E-state index in [9.17, 15) is 0 Å². The summed E-state index contributed by atoms with van der Waals surface area (Å²) in [5, 5.41) is 3.54. The molecule has 0 aromatic rings. The Morgan fingerprint density at radius 2 is 1.56 bits per heavy atom. The second-order valence-corrected chi connectivity index (χ2v) is 6.76. The molecule has 0 aliphatic heterocycles. The molecule has 0 aromatic heterocycles. The second kappa shape index (κ2) is 5.18. The van der Waals surface area contributed by atoms with Crippen molar-refractivity contribution in [3.8, 4) is 0 Å². The van der Waals surface area contributed by atoms with E-state index in [0.29, 0.717) is 6.04 Å². The van der Waals surface area contributed by atoms with Gasteiger partial charge in [0.1, 0.15) is 0 Å². The molecule has 0 amide bonds. The van der Waals surface area contributed by atoms with Crippen molar-refractivity contribution in [2.24, 2.45) is 5.41 Å². The van der Waals surface area contributed by atoms with Crippen LogP contribution >= 0.6 is 0 Å². The quantitative estimate of drug-likeness (QED) is 0.703. The highest BCUT2D eigenvalue weighted by molar-refractivity contribution is 5.31. The van der Waals surface area contributed by atoms with Gasteiger partial charge in [0.2, 0.25) is 0 Å². The maximum absolute atomic E-state index is 4.18. The van der Waals surface area contributed by atoms with Gasteiger partial charge in [0.05, 0.1) is 0 Å². The average Bonchev–Trinajstić information content (AvgIpc) is 1.96. The van der Waals surface area contributed by atoms with Crippen LogP contribution in [0.2, 0.25) is 0 Å². The molecule has 0 heterocycles. The first-order valence-corrected chi connectivity index (χ1v) is 6.09. The predicted molar refractivity (Wildman–Crippen MR) is 74.7 cm³/mol. The second-order valence-electron chi connectivity index (χ2n) is 6.76. The van der Waals surface area contributed by atoms with Gasteiger partial charge in [-0.3, -0.25) is 0 Å². The molecule has 0 radical (unpaired) electrons. The van der Waals surface area contributed by atoms with Gasteiger partial charge in [0.15, 0.2) is 0 Å². The molecule has 1 unspecified atom stereocenters. The van der Waals surface area contributed by atoms with Crippen molar-refractivity contribution in [1.82, 2.24) is 5.32 Å². The van der Waals surface area contributed by atoms with Crippen LogP contribution in [0.4, 0.5) is 0 Å². The van der Waals surface area contributed by atoms with Gasteiger partial charge in [0, 0.05) is 11.6 Å². The molecule has 16 heavy (non-hydrogen) atoms. The van der Waals surface area contributed by atoms with Crippen LogP contribution in [-0.4, -0.2) is 11.6 Å². The standard InChI is InChI=1S/C15H29N/c1-11(13(3)14(4,5)6)10-12(2)16-15(7,8)9/h10,12,16H,3H2,1-2,4-9H3/b11-10+. The van der Waals surface area contributed by atoms with Crippen molar-refractivity contribution in [2.75, 3.05) is 0 Å². The Bertz CT molecular complexity index is 271. The highest BCUT2D eigenvalue weighted by Gasteiger charge is 2.17. The molecular weight excluding hydrogens is 194 g/mol. The third kappa shape index (κ3) is 6.12. The number of allylic oxidation sites excluding steroid dienone is 2.